The van der Waals surface area contributed by atoms with E-state index in [4.69, 9.17) is 11.6 Å². The predicted octanol–water partition coefficient (Wildman–Crippen LogP) is 6.10. The van der Waals surface area contributed by atoms with Gasteiger partial charge in [-0.25, -0.2) is 0 Å². The number of phenols is 1. The van der Waals surface area contributed by atoms with Gasteiger partial charge in [0.15, 0.2) is 0 Å². The van der Waals surface area contributed by atoms with E-state index in [-0.39, 0.29) is 5.75 Å². The second kappa shape index (κ2) is 5.60. The van der Waals surface area contributed by atoms with Crippen LogP contribution < -0.4 is 0 Å². The molecule has 1 nitrogen and oxygen atoms in total. The number of phenolic OH excluding ortho intramolecular Hbond substituents is 1. The third-order valence-corrected chi connectivity index (χ3v) is 4.88. The molecule has 112 valence electrons. The molecule has 1 aliphatic rings. The molecule has 2 atom stereocenters. The topological polar surface area (TPSA) is 20.2 Å². The molecule has 1 aromatic rings. The van der Waals surface area contributed by atoms with E-state index < -0.39 is 0 Å². The number of aromatic hydroxyl groups is 1. The van der Waals surface area contributed by atoms with E-state index in [1.165, 1.54) is 24.8 Å². The van der Waals surface area contributed by atoms with Crippen LogP contribution in [0.25, 0.3) is 0 Å². The van der Waals surface area contributed by atoms with Crippen LogP contribution in [0.1, 0.15) is 76.8 Å². The summed E-state index contributed by atoms with van der Waals surface area (Å²) in [6.45, 7) is 11.3. The summed E-state index contributed by atoms with van der Waals surface area (Å²) in [5.41, 5.74) is 2.67. The molecule has 0 saturated heterocycles. The molecule has 20 heavy (non-hydrogen) atoms. The molecule has 1 N–H and O–H groups in total. The Balaban J connectivity index is 2.37. The highest BCUT2D eigenvalue weighted by molar-refractivity contribution is 6.32. The third kappa shape index (κ3) is 3.31. The van der Waals surface area contributed by atoms with Crippen LogP contribution in [0.3, 0.4) is 0 Å². The molecule has 0 heterocycles. The summed E-state index contributed by atoms with van der Waals surface area (Å²) in [6.07, 6.45) is 3.73. The van der Waals surface area contributed by atoms with Gasteiger partial charge in [0.05, 0.1) is 5.02 Å². The highest BCUT2D eigenvalue weighted by Gasteiger charge is 2.33. The summed E-state index contributed by atoms with van der Waals surface area (Å²) >= 11 is 6.24. The fourth-order valence-corrected chi connectivity index (χ4v) is 4.15. The van der Waals surface area contributed by atoms with Crippen LogP contribution in [0.15, 0.2) is 12.1 Å². The standard InChI is InChI=1S/C18H27ClO/c1-11(2)15-7-13(8-16(19)17(15)20)14-6-12(3)9-18(4,5)10-14/h7-8,11-12,14,20H,6,9-10H2,1-5H3. The Morgan fingerprint density at radius 3 is 2.45 bits per heavy atom. The van der Waals surface area contributed by atoms with Crippen molar-refractivity contribution in [2.24, 2.45) is 11.3 Å². The van der Waals surface area contributed by atoms with Gasteiger partial charge in [-0.1, -0.05) is 52.3 Å². The van der Waals surface area contributed by atoms with Crippen molar-refractivity contribution in [2.75, 3.05) is 0 Å². The Morgan fingerprint density at radius 1 is 1.25 bits per heavy atom. The largest absolute Gasteiger partial charge is 0.506 e. The minimum Gasteiger partial charge on any atom is -0.506 e. The van der Waals surface area contributed by atoms with Crippen molar-refractivity contribution in [3.05, 3.63) is 28.3 Å². The molecular weight excluding hydrogens is 268 g/mol. The van der Waals surface area contributed by atoms with Gasteiger partial charge in [0.25, 0.3) is 0 Å². The van der Waals surface area contributed by atoms with Crippen molar-refractivity contribution >= 4 is 11.6 Å². The Morgan fingerprint density at radius 2 is 1.90 bits per heavy atom. The second-order valence-electron chi connectivity index (χ2n) is 7.71. The van der Waals surface area contributed by atoms with Gasteiger partial charge in [-0.15, -0.1) is 0 Å². The zero-order valence-corrected chi connectivity index (χ0v) is 14.1. The second-order valence-corrected chi connectivity index (χ2v) is 8.11. The zero-order chi connectivity index (χ0) is 15.1. The smallest absolute Gasteiger partial charge is 0.137 e. The quantitative estimate of drug-likeness (QED) is 0.699. The minimum absolute atomic E-state index is 0.258. The number of hydrogen-bond acceptors (Lipinski definition) is 1. The summed E-state index contributed by atoms with van der Waals surface area (Å²) in [7, 11) is 0. The van der Waals surface area contributed by atoms with Crippen molar-refractivity contribution in [3.63, 3.8) is 0 Å². The highest BCUT2D eigenvalue weighted by Crippen LogP contribution is 2.47. The van der Waals surface area contributed by atoms with Crippen molar-refractivity contribution in [1.82, 2.24) is 0 Å². The van der Waals surface area contributed by atoms with Crippen LogP contribution in [0.4, 0.5) is 0 Å². The molecule has 0 radical (unpaired) electrons. The fraction of sp³-hybridized carbons (Fsp3) is 0.667. The van der Waals surface area contributed by atoms with E-state index in [0.717, 1.165) is 11.5 Å². The Labute approximate surface area is 128 Å². The molecule has 1 aliphatic carbocycles. The molecule has 1 fully saturated rings. The first-order valence-corrected chi connectivity index (χ1v) is 8.09. The predicted molar refractivity (Wildman–Crippen MR) is 86.7 cm³/mol. The SMILES string of the molecule is CC1CC(c2cc(Cl)c(O)c(C(C)C)c2)CC(C)(C)C1. The number of halogens is 1. The van der Waals surface area contributed by atoms with Gasteiger partial charge >= 0.3 is 0 Å². The number of rotatable bonds is 2. The van der Waals surface area contributed by atoms with E-state index in [9.17, 15) is 5.11 Å². The van der Waals surface area contributed by atoms with Crippen LogP contribution in [0, 0.1) is 11.3 Å². The molecule has 0 amide bonds. The van der Waals surface area contributed by atoms with Gasteiger partial charge in [0.1, 0.15) is 5.75 Å². The maximum Gasteiger partial charge on any atom is 0.137 e. The van der Waals surface area contributed by atoms with E-state index >= 15 is 0 Å². The van der Waals surface area contributed by atoms with Crippen LogP contribution >= 0.6 is 11.6 Å². The maximum atomic E-state index is 10.1. The van der Waals surface area contributed by atoms with Gasteiger partial charge < -0.3 is 5.11 Å². The Bertz CT molecular complexity index is 490. The van der Waals surface area contributed by atoms with E-state index in [1.54, 1.807) is 0 Å². The summed E-state index contributed by atoms with van der Waals surface area (Å²) in [4.78, 5) is 0. The molecule has 0 bridgehead atoms. The van der Waals surface area contributed by atoms with Crippen LogP contribution in [0.5, 0.6) is 5.75 Å². The van der Waals surface area contributed by atoms with E-state index in [1.807, 2.05) is 6.07 Å². The van der Waals surface area contributed by atoms with Crippen molar-refractivity contribution in [2.45, 2.75) is 65.7 Å². The number of benzene rings is 1. The molecular formula is C18H27ClO. The number of hydrogen-bond donors (Lipinski definition) is 1. The lowest BCUT2D eigenvalue weighted by molar-refractivity contribution is 0.168. The van der Waals surface area contributed by atoms with E-state index in [0.29, 0.717) is 22.3 Å². The average Bonchev–Trinajstić information content (AvgIpc) is 2.29. The lowest BCUT2D eigenvalue weighted by Crippen LogP contribution is -2.26. The maximum absolute atomic E-state index is 10.1. The lowest BCUT2D eigenvalue weighted by atomic mass is 9.66. The van der Waals surface area contributed by atoms with Gasteiger partial charge in [0, 0.05) is 0 Å². The fourth-order valence-electron chi connectivity index (χ4n) is 3.92. The van der Waals surface area contributed by atoms with Gasteiger partial charge in [0.2, 0.25) is 0 Å². The molecule has 0 aliphatic heterocycles. The Hall–Kier alpha value is -0.690. The first kappa shape index (κ1) is 15.7. The minimum atomic E-state index is 0.258. The average molecular weight is 295 g/mol. The first-order valence-electron chi connectivity index (χ1n) is 7.72. The first-order chi connectivity index (χ1) is 9.19. The molecule has 0 spiro atoms. The highest BCUT2D eigenvalue weighted by atomic mass is 35.5. The molecule has 1 saturated carbocycles. The van der Waals surface area contributed by atoms with Crippen LogP contribution in [-0.4, -0.2) is 5.11 Å². The van der Waals surface area contributed by atoms with Gasteiger partial charge in [-0.3, -0.25) is 0 Å². The third-order valence-electron chi connectivity index (χ3n) is 4.60. The molecule has 1 aromatic carbocycles. The van der Waals surface area contributed by atoms with Crippen molar-refractivity contribution in [1.29, 1.82) is 0 Å². The van der Waals surface area contributed by atoms with Gasteiger partial charge in [-0.2, -0.15) is 0 Å². The molecule has 0 aromatic heterocycles. The molecule has 2 unspecified atom stereocenters. The molecule has 2 rings (SSSR count). The zero-order valence-electron chi connectivity index (χ0n) is 13.3. The summed E-state index contributed by atoms with van der Waals surface area (Å²) in [5, 5.41) is 10.6. The van der Waals surface area contributed by atoms with Crippen LogP contribution in [0.2, 0.25) is 5.02 Å². The van der Waals surface area contributed by atoms with Gasteiger partial charge in [-0.05, 0) is 59.6 Å². The van der Waals surface area contributed by atoms with Crippen molar-refractivity contribution < 1.29 is 5.11 Å². The van der Waals surface area contributed by atoms with Crippen molar-refractivity contribution in [3.8, 4) is 5.75 Å². The summed E-state index contributed by atoms with van der Waals surface area (Å²) in [5.74, 6) is 1.86. The van der Waals surface area contributed by atoms with Crippen LogP contribution in [-0.2, 0) is 0 Å². The Kier molecular flexibility index (Phi) is 4.39. The lowest BCUT2D eigenvalue weighted by Gasteiger charge is -2.39. The summed E-state index contributed by atoms with van der Waals surface area (Å²) < 4.78 is 0. The molecule has 2 heteroatoms. The monoisotopic (exact) mass is 294 g/mol. The summed E-state index contributed by atoms with van der Waals surface area (Å²) in [6, 6.07) is 4.15. The van der Waals surface area contributed by atoms with E-state index in [2.05, 4.69) is 40.7 Å². The normalized spacial score (nSPS) is 25.9.